The first-order valence-corrected chi connectivity index (χ1v) is 5.72. The maximum Gasteiger partial charge on any atom is 0.0807 e. The van der Waals surface area contributed by atoms with E-state index < -0.39 is 6.10 Å². The monoisotopic (exact) mass is 223 g/mol. The molecule has 0 aliphatic rings. The molecular weight excluding hydrogens is 202 g/mol. The van der Waals surface area contributed by atoms with E-state index in [4.69, 9.17) is 0 Å². The Morgan fingerprint density at radius 1 is 1.25 bits per heavy atom. The van der Waals surface area contributed by atoms with Crippen LogP contribution >= 0.6 is 0 Å². The first kappa shape index (κ1) is 13.0. The molecule has 0 radical (unpaired) electrons. The second kappa shape index (κ2) is 5.87. The summed E-state index contributed by atoms with van der Waals surface area (Å²) in [6, 6.07) is 7.77. The van der Waals surface area contributed by atoms with Crippen LogP contribution in [0.1, 0.15) is 31.9 Å². The highest BCUT2D eigenvalue weighted by Gasteiger charge is 2.13. The molecule has 0 aliphatic carbocycles. The number of nitrogens with zero attached hydrogens (tertiary/aromatic N) is 1. The van der Waals surface area contributed by atoms with Crippen molar-refractivity contribution in [3.8, 4) is 0 Å². The van der Waals surface area contributed by atoms with E-state index in [0.29, 0.717) is 13.0 Å². The van der Waals surface area contributed by atoms with Gasteiger partial charge in [0.15, 0.2) is 0 Å². The van der Waals surface area contributed by atoms with Gasteiger partial charge in [0, 0.05) is 24.8 Å². The summed E-state index contributed by atoms with van der Waals surface area (Å²) >= 11 is 0. The summed E-state index contributed by atoms with van der Waals surface area (Å²) in [7, 11) is 1.92. The lowest BCUT2D eigenvalue weighted by atomic mass is 10.0. The van der Waals surface area contributed by atoms with Gasteiger partial charge in [-0.2, -0.15) is 0 Å². The first-order valence-electron chi connectivity index (χ1n) is 5.72. The van der Waals surface area contributed by atoms with Gasteiger partial charge in [0.1, 0.15) is 0 Å². The van der Waals surface area contributed by atoms with Gasteiger partial charge in [0.2, 0.25) is 0 Å². The van der Waals surface area contributed by atoms with Crippen molar-refractivity contribution in [2.24, 2.45) is 0 Å². The number of anilines is 1. The van der Waals surface area contributed by atoms with Crippen molar-refractivity contribution in [2.45, 2.75) is 32.5 Å². The molecule has 0 fully saturated rings. The molecule has 0 saturated carbocycles. The van der Waals surface area contributed by atoms with Gasteiger partial charge >= 0.3 is 0 Å². The quantitative estimate of drug-likeness (QED) is 0.802. The fourth-order valence-corrected chi connectivity index (χ4v) is 1.83. The van der Waals surface area contributed by atoms with Crippen LogP contribution in [0.25, 0.3) is 0 Å². The molecule has 3 heteroatoms. The zero-order valence-corrected chi connectivity index (χ0v) is 10.2. The van der Waals surface area contributed by atoms with Crippen molar-refractivity contribution in [1.29, 1.82) is 0 Å². The van der Waals surface area contributed by atoms with Crippen LogP contribution in [0.2, 0.25) is 0 Å². The van der Waals surface area contributed by atoms with Gasteiger partial charge in [-0.05, 0) is 19.4 Å². The molecule has 0 heterocycles. The van der Waals surface area contributed by atoms with E-state index in [2.05, 4.69) is 0 Å². The molecule has 3 nitrogen and oxygen atoms in total. The van der Waals surface area contributed by atoms with Crippen LogP contribution in [0.3, 0.4) is 0 Å². The fourth-order valence-electron chi connectivity index (χ4n) is 1.83. The molecule has 1 unspecified atom stereocenters. The van der Waals surface area contributed by atoms with Crippen LogP contribution in [0.5, 0.6) is 0 Å². The van der Waals surface area contributed by atoms with Crippen molar-refractivity contribution in [3.05, 3.63) is 29.8 Å². The second-order valence-corrected chi connectivity index (χ2v) is 4.21. The smallest absolute Gasteiger partial charge is 0.0807 e. The van der Waals surface area contributed by atoms with E-state index in [1.165, 1.54) is 0 Å². The molecule has 0 aliphatic heterocycles. The van der Waals surface area contributed by atoms with Gasteiger partial charge in [-0.1, -0.05) is 25.1 Å². The number of benzene rings is 1. The van der Waals surface area contributed by atoms with Crippen molar-refractivity contribution in [3.63, 3.8) is 0 Å². The molecule has 2 N–H and O–H groups in total. The van der Waals surface area contributed by atoms with Gasteiger partial charge in [0.25, 0.3) is 0 Å². The predicted molar refractivity (Wildman–Crippen MR) is 66.6 cm³/mol. The Hall–Kier alpha value is -1.06. The van der Waals surface area contributed by atoms with E-state index in [1.807, 2.05) is 43.1 Å². The summed E-state index contributed by atoms with van der Waals surface area (Å²) in [5.74, 6) is 0. The van der Waals surface area contributed by atoms with Gasteiger partial charge in [-0.3, -0.25) is 0 Å². The summed E-state index contributed by atoms with van der Waals surface area (Å²) in [5.41, 5.74) is 1.91. The Morgan fingerprint density at radius 2 is 1.88 bits per heavy atom. The summed E-state index contributed by atoms with van der Waals surface area (Å²) < 4.78 is 0. The summed E-state index contributed by atoms with van der Waals surface area (Å²) in [6.45, 7) is 4.28. The van der Waals surface area contributed by atoms with Gasteiger partial charge in [-0.15, -0.1) is 0 Å². The Morgan fingerprint density at radius 3 is 2.44 bits per heavy atom. The number of rotatable bonds is 5. The third-order valence-electron chi connectivity index (χ3n) is 2.63. The van der Waals surface area contributed by atoms with Crippen LogP contribution in [-0.4, -0.2) is 29.9 Å². The number of hydrogen-bond acceptors (Lipinski definition) is 3. The van der Waals surface area contributed by atoms with Crippen LogP contribution in [0.15, 0.2) is 24.3 Å². The third kappa shape index (κ3) is 3.22. The van der Waals surface area contributed by atoms with E-state index in [1.54, 1.807) is 6.92 Å². The number of aliphatic hydroxyl groups is 2. The standard InChI is InChI=1S/C13H21NO2/c1-4-13(16)11-7-5-6-8-12(11)14(3)9-10(2)15/h5-8,10,13,15-16H,4,9H2,1-3H3/t10?,13-/m0/s1. The normalized spacial score (nSPS) is 14.6. The Kier molecular flexibility index (Phi) is 4.77. The molecule has 1 aromatic carbocycles. The topological polar surface area (TPSA) is 43.7 Å². The molecular formula is C13H21NO2. The molecule has 16 heavy (non-hydrogen) atoms. The van der Waals surface area contributed by atoms with Crippen LogP contribution in [0, 0.1) is 0 Å². The van der Waals surface area contributed by atoms with Crippen molar-refractivity contribution < 1.29 is 10.2 Å². The molecule has 1 rings (SSSR count). The zero-order valence-electron chi connectivity index (χ0n) is 10.2. The molecule has 0 spiro atoms. The zero-order chi connectivity index (χ0) is 12.1. The average molecular weight is 223 g/mol. The van der Waals surface area contributed by atoms with Crippen molar-refractivity contribution >= 4 is 5.69 Å². The number of para-hydroxylation sites is 1. The lowest BCUT2D eigenvalue weighted by Gasteiger charge is -2.25. The SMILES string of the molecule is CC[C@H](O)c1ccccc1N(C)CC(C)O. The van der Waals surface area contributed by atoms with Crippen molar-refractivity contribution in [1.82, 2.24) is 0 Å². The van der Waals surface area contributed by atoms with Gasteiger partial charge in [-0.25, -0.2) is 0 Å². The van der Waals surface area contributed by atoms with Crippen LogP contribution < -0.4 is 4.90 Å². The number of aliphatic hydroxyl groups excluding tert-OH is 2. The van der Waals surface area contributed by atoms with Gasteiger partial charge < -0.3 is 15.1 Å². The van der Waals surface area contributed by atoms with E-state index in [0.717, 1.165) is 11.3 Å². The highest BCUT2D eigenvalue weighted by Crippen LogP contribution is 2.27. The molecule has 0 aromatic heterocycles. The Balaban J connectivity index is 2.93. The molecule has 0 amide bonds. The first-order chi connectivity index (χ1) is 7.56. The van der Waals surface area contributed by atoms with E-state index in [-0.39, 0.29) is 6.10 Å². The van der Waals surface area contributed by atoms with E-state index in [9.17, 15) is 10.2 Å². The lowest BCUT2D eigenvalue weighted by Crippen LogP contribution is -2.28. The summed E-state index contributed by atoms with van der Waals surface area (Å²) in [4.78, 5) is 1.97. The number of hydrogen-bond donors (Lipinski definition) is 2. The summed E-state index contributed by atoms with van der Waals surface area (Å²) in [5, 5.41) is 19.3. The number of likely N-dealkylation sites (N-methyl/N-ethyl adjacent to an activating group) is 1. The van der Waals surface area contributed by atoms with Crippen LogP contribution in [-0.2, 0) is 0 Å². The Bertz CT molecular complexity index is 325. The fraction of sp³-hybridized carbons (Fsp3) is 0.538. The average Bonchev–Trinajstić information content (AvgIpc) is 2.27. The molecule has 1 aromatic rings. The highest BCUT2D eigenvalue weighted by molar-refractivity contribution is 5.54. The predicted octanol–water partition coefficient (Wildman–Crippen LogP) is 1.95. The van der Waals surface area contributed by atoms with Crippen molar-refractivity contribution in [2.75, 3.05) is 18.5 Å². The lowest BCUT2D eigenvalue weighted by molar-refractivity contribution is 0.173. The molecule has 2 atom stereocenters. The van der Waals surface area contributed by atoms with Crippen LogP contribution in [0.4, 0.5) is 5.69 Å². The minimum absolute atomic E-state index is 0.378. The third-order valence-corrected chi connectivity index (χ3v) is 2.63. The summed E-state index contributed by atoms with van der Waals surface area (Å²) in [6.07, 6.45) is -0.121. The second-order valence-electron chi connectivity index (χ2n) is 4.21. The molecule has 0 bridgehead atoms. The maximum absolute atomic E-state index is 9.90. The minimum atomic E-state index is -0.437. The minimum Gasteiger partial charge on any atom is -0.392 e. The molecule has 90 valence electrons. The molecule has 0 saturated heterocycles. The highest BCUT2D eigenvalue weighted by atomic mass is 16.3. The largest absolute Gasteiger partial charge is 0.392 e. The van der Waals surface area contributed by atoms with Gasteiger partial charge in [0.05, 0.1) is 12.2 Å². The Labute approximate surface area is 97.3 Å². The maximum atomic E-state index is 9.90. The van der Waals surface area contributed by atoms with E-state index >= 15 is 0 Å².